The van der Waals surface area contributed by atoms with Gasteiger partial charge in [0.1, 0.15) is 12.1 Å². The van der Waals surface area contributed by atoms with Crippen LogP contribution in [0.5, 0.6) is 0 Å². The Morgan fingerprint density at radius 1 is 1.06 bits per heavy atom. The van der Waals surface area contributed by atoms with Crippen molar-refractivity contribution in [3.05, 3.63) is 65.5 Å². The monoisotopic (exact) mass is 462 g/mol. The first-order valence-electron chi connectivity index (χ1n) is 12.2. The van der Waals surface area contributed by atoms with E-state index in [-0.39, 0.29) is 35.6 Å². The summed E-state index contributed by atoms with van der Waals surface area (Å²) in [4.78, 5) is 47.0. The molecule has 2 aromatic rings. The van der Waals surface area contributed by atoms with Crippen molar-refractivity contribution < 1.29 is 14.4 Å². The first-order chi connectivity index (χ1) is 16.3. The van der Waals surface area contributed by atoms with Gasteiger partial charge in [0, 0.05) is 12.2 Å². The number of carbonyl (C=O) groups excluding carboxylic acids is 3. The van der Waals surface area contributed by atoms with Gasteiger partial charge in [-0.3, -0.25) is 19.4 Å². The number of fused-ring (bicyclic) bond motifs is 1. The van der Waals surface area contributed by atoms with E-state index in [0.29, 0.717) is 12.1 Å². The zero-order valence-electron chi connectivity index (χ0n) is 20.3. The fourth-order valence-electron chi connectivity index (χ4n) is 5.18. The van der Waals surface area contributed by atoms with Gasteiger partial charge in [-0.1, -0.05) is 44.2 Å². The average molecular weight is 463 g/mol. The Kier molecular flexibility index (Phi) is 7.00. The third-order valence-corrected chi connectivity index (χ3v) is 6.63. The molecule has 3 amide bonds. The minimum atomic E-state index is -0.975. The SMILES string of the molecule is CC(C)C[C@@H]1C(=O)NC(C2Cc3ccccc3C2)C(=O)N1C(C(=O)NC(C)C)c1ccccn1. The molecule has 1 aromatic carbocycles. The summed E-state index contributed by atoms with van der Waals surface area (Å²) in [5, 5.41) is 5.97. The Bertz CT molecular complexity index is 1030. The lowest BCUT2D eigenvalue weighted by Gasteiger charge is -2.44. The van der Waals surface area contributed by atoms with Crippen LogP contribution in [-0.4, -0.2) is 45.7 Å². The van der Waals surface area contributed by atoms with Gasteiger partial charge < -0.3 is 15.5 Å². The smallest absolute Gasteiger partial charge is 0.249 e. The van der Waals surface area contributed by atoms with Crippen molar-refractivity contribution in [1.82, 2.24) is 20.5 Å². The number of nitrogens with zero attached hydrogens (tertiary/aromatic N) is 2. The molecule has 1 fully saturated rings. The van der Waals surface area contributed by atoms with Crippen molar-refractivity contribution in [2.45, 2.75) is 71.1 Å². The Morgan fingerprint density at radius 3 is 2.26 bits per heavy atom. The summed E-state index contributed by atoms with van der Waals surface area (Å²) in [7, 11) is 0. The lowest BCUT2D eigenvalue weighted by atomic mass is 9.88. The van der Waals surface area contributed by atoms with Gasteiger partial charge in [-0.15, -0.1) is 0 Å². The van der Waals surface area contributed by atoms with Crippen LogP contribution in [0.4, 0.5) is 0 Å². The van der Waals surface area contributed by atoms with E-state index in [1.54, 1.807) is 24.4 Å². The molecule has 4 rings (SSSR count). The number of nitrogens with one attached hydrogen (secondary N) is 2. The predicted molar refractivity (Wildman–Crippen MR) is 130 cm³/mol. The van der Waals surface area contributed by atoms with Gasteiger partial charge in [-0.25, -0.2) is 0 Å². The lowest BCUT2D eigenvalue weighted by Crippen LogP contribution is -2.67. The fraction of sp³-hybridized carbons (Fsp3) is 0.481. The number of piperazine rings is 1. The molecule has 1 aromatic heterocycles. The molecule has 2 unspecified atom stereocenters. The minimum Gasteiger partial charge on any atom is -0.352 e. The largest absolute Gasteiger partial charge is 0.352 e. The molecule has 7 nitrogen and oxygen atoms in total. The molecule has 180 valence electrons. The standard InChI is InChI=1S/C27H34N4O3/c1-16(2)13-22-25(32)30-23(20-14-18-9-5-6-10-19(18)15-20)27(34)31(22)24(26(33)29-17(3)4)21-11-7-8-12-28-21/h5-12,16-17,20,22-24H,13-15H2,1-4H3,(H,29,33)(H,30,32)/t22-,23?,24?/m1/s1. The third-order valence-electron chi connectivity index (χ3n) is 6.63. The Balaban J connectivity index is 1.73. The summed E-state index contributed by atoms with van der Waals surface area (Å²) >= 11 is 0. The molecule has 0 bridgehead atoms. The summed E-state index contributed by atoms with van der Waals surface area (Å²) in [6.07, 6.45) is 3.53. The third kappa shape index (κ3) is 4.83. The number of pyridine rings is 1. The number of benzene rings is 1. The van der Waals surface area contributed by atoms with E-state index in [0.717, 1.165) is 12.8 Å². The predicted octanol–water partition coefficient (Wildman–Crippen LogP) is 2.80. The maximum atomic E-state index is 14.1. The molecule has 3 atom stereocenters. The van der Waals surface area contributed by atoms with Crippen molar-refractivity contribution >= 4 is 17.7 Å². The zero-order chi connectivity index (χ0) is 24.4. The number of aromatic nitrogens is 1. The molecular formula is C27H34N4O3. The van der Waals surface area contributed by atoms with Crippen LogP contribution in [-0.2, 0) is 27.2 Å². The van der Waals surface area contributed by atoms with Crippen molar-refractivity contribution in [3.8, 4) is 0 Å². The second-order valence-corrected chi connectivity index (χ2v) is 10.1. The van der Waals surface area contributed by atoms with Crippen molar-refractivity contribution in [2.24, 2.45) is 11.8 Å². The Morgan fingerprint density at radius 2 is 1.71 bits per heavy atom. The highest BCUT2D eigenvalue weighted by Gasteiger charge is 2.49. The maximum Gasteiger partial charge on any atom is 0.249 e. The summed E-state index contributed by atoms with van der Waals surface area (Å²) in [5.41, 5.74) is 2.89. The van der Waals surface area contributed by atoms with Crippen LogP contribution < -0.4 is 10.6 Å². The van der Waals surface area contributed by atoms with Crippen LogP contribution in [0.3, 0.4) is 0 Å². The van der Waals surface area contributed by atoms with Gasteiger partial charge in [0.2, 0.25) is 17.7 Å². The Hall–Kier alpha value is -3.22. The minimum absolute atomic E-state index is 0.0473. The highest BCUT2D eigenvalue weighted by Crippen LogP contribution is 2.35. The van der Waals surface area contributed by atoms with E-state index in [9.17, 15) is 14.4 Å². The second-order valence-electron chi connectivity index (χ2n) is 10.1. The summed E-state index contributed by atoms with van der Waals surface area (Å²) < 4.78 is 0. The number of hydrogen-bond donors (Lipinski definition) is 2. The van der Waals surface area contributed by atoms with Gasteiger partial charge in [0.15, 0.2) is 6.04 Å². The van der Waals surface area contributed by atoms with E-state index in [1.165, 1.54) is 16.0 Å². The van der Waals surface area contributed by atoms with E-state index < -0.39 is 18.1 Å². The van der Waals surface area contributed by atoms with E-state index in [2.05, 4.69) is 27.8 Å². The maximum absolute atomic E-state index is 14.1. The molecule has 2 heterocycles. The molecule has 1 aliphatic heterocycles. The molecule has 34 heavy (non-hydrogen) atoms. The zero-order valence-corrected chi connectivity index (χ0v) is 20.3. The number of hydrogen-bond acceptors (Lipinski definition) is 4. The van der Waals surface area contributed by atoms with Gasteiger partial charge >= 0.3 is 0 Å². The average Bonchev–Trinajstić information content (AvgIpc) is 3.22. The summed E-state index contributed by atoms with van der Waals surface area (Å²) in [6.45, 7) is 7.78. The molecular weight excluding hydrogens is 428 g/mol. The van der Waals surface area contributed by atoms with E-state index in [1.807, 2.05) is 39.8 Å². The van der Waals surface area contributed by atoms with Gasteiger partial charge in [-0.2, -0.15) is 0 Å². The molecule has 2 aliphatic rings. The van der Waals surface area contributed by atoms with Gasteiger partial charge in [-0.05, 0) is 68.2 Å². The van der Waals surface area contributed by atoms with Crippen LogP contribution in [0, 0.1) is 11.8 Å². The highest BCUT2D eigenvalue weighted by atomic mass is 16.2. The molecule has 1 saturated heterocycles. The quantitative estimate of drug-likeness (QED) is 0.662. The van der Waals surface area contributed by atoms with Crippen molar-refractivity contribution in [2.75, 3.05) is 0 Å². The van der Waals surface area contributed by atoms with Crippen molar-refractivity contribution in [1.29, 1.82) is 0 Å². The van der Waals surface area contributed by atoms with Crippen molar-refractivity contribution in [3.63, 3.8) is 0 Å². The van der Waals surface area contributed by atoms with Crippen LogP contribution in [0.15, 0.2) is 48.7 Å². The van der Waals surface area contributed by atoms with Gasteiger partial charge in [0.05, 0.1) is 5.69 Å². The molecule has 0 spiro atoms. The topological polar surface area (TPSA) is 91.4 Å². The van der Waals surface area contributed by atoms with Crippen LogP contribution in [0.1, 0.15) is 57.0 Å². The van der Waals surface area contributed by atoms with E-state index in [4.69, 9.17) is 0 Å². The van der Waals surface area contributed by atoms with E-state index >= 15 is 0 Å². The molecule has 0 saturated carbocycles. The first kappa shape index (κ1) is 23.9. The second kappa shape index (κ2) is 9.95. The number of rotatable bonds is 7. The van der Waals surface area contributed by atoms with Gasteiger partial charge in [0.25, 0.3) is 0 Å². The van der Waals surface area contributed by atoms with Crippen LogP contribution in [0.25, 0.3) is 0 Å². The first-order valence-corrected chi connectivity index (χ1v) is 12.2. The molecule has 2 N–H and O–H groups in total. The number of amides is 3. The van der Waals surface area contributed by atoms with Crippen LogP contribution in [0.2, 0.25) is 0 Å². The number of carbonyl (C=O) groups is 3. The summed E-state index contributed by atoms with van der Waals surface area (Å²) in [6, 6.07) is 11.0. The summed E-state index contributed by atoms with van der Waals surface area (Å²) in [5.74, 6) is -0.617. The molecule has 0 radical (unpaired) electrons. The van der Waals surface area contributed by atoms with Crippen LogP contribution >= 0.6 is 0 Å². The lowest BCUT2D eigenvalue weighted by molar-refractivity contribution is -0.158. The fourth-order valence-corrected chi connectivity index (χ4v) is 5.18. The molecule has 7 heteroatoms. The normalized spacial score (nSPS) is 21.5. The highest BCUT2D eigenvalue weighted by molar-refractivity contribution is 6.00. The molecule has 1 aliphatic carbocycles. The Labute approximate surface area is 201 Å².